The second-order valence-electron chi connectivity index (χ2n) is 8.21. The molecule has 1 unspecified atom stereocenters. The van der Waals surface area contributed by atoms with Crippen molar-refractivity contribution in [3.05, 3.63) is 29.6 Å². The fraction of sp³-hybridized carbons (Fsp3) is 0.524. The fourth-order valence-corrected chi connectivity index (χ4v) is 4.46. The Bertz CT molecular complexity index is 905. The summed E-state index contributed by atoms with van der Waals surface area (Å²) in [5.74, 6) is 0.332. The number of halogens is 1. The smallest absolute Gasteiger partial charge is 0.261 e. The van der Waals surface area contributed by atoms with E-state index in [2.05, 4.69) is 10.5 Å². The van der Waals surface area contributed by atoms with Crippen LogP contribution < -0.4 is 15.0 Å². The molecule has 4 rings (SSSR count). The van der Waals surface area contributed by atoms with E-state index in [1.54, 1.807) is 11.0 Å². The van der Waals surface area contributed by atoms with E-state index in [0.29, 0.717) is 29.2 Å². The van der Waals surface area contributed by atoms with E-state index in [9.17, 15) is 9.18 Å². The Morgan fingerprint density at radius 1 is 1.38 bits per heavy atom. The van der Waals surface area contributed by atoms with Crippen molar-refractivity contribution in [2.24, 2.45) is 5.41 Å². The number of piperidine rings is 1. The summed E-state index contributed by atoms with van der Waals surface area (Å²) in [5.41, 5.74) is 1.12. The van der Waals surface area contributed by atoms with Crippen LogP contribution in [-0.2, 0) is 0 Å². The molecule has 156 valence electrons. The van der Waals surface area contributed by atoms with Crippen LogP contribution in [0.25, 0.3) is 11.3 Å². The number of hydrogen-bond donors (Lipinski definition) is 1. The Labute approximate surface area is 169 Å². The van der Waals surface area contributed by atoms with Gasteiger partial charge in [0.1, 0.15) is 5.56 Å². The van der Waals surface area contributed by atoms with Crippen molar-refractivity contribution in [1.29, 1.82) is 0 Å². The normalized spacial score (nSPS) is 21.6. The minimum atomic E-state index is -0.469. The molecule has 0 bridgehead atoms. The molecule has 2 aliphatic rings. The highest BCUT2D eigenvalue weighted by Crippen LogP contribution is 2.39. The quantitative estimate of drug-likeness (QED) is 0.848. The molecule has 1 atom stereocenters. The average Bonchev–Trinajstić information content (AvgIpc) is 3.35. The maximum atomic E-state index is 13.9. The van der Waals surface area contributed by atoms with Crippen molar-refractivity contribution in [2.45, 2.75) is 19.3 Å². The molecule has 2 aliphatic heterocycles. The zero-order valence-electron chi connectivity index (χ0n) is 17.1. The van der Waals surface area contributed by atoms with Gasteiger partial charge in [-0.05, 0) is 44.0 Å². The van der Waals surface area contributed by atoms with Gasteiger partial charge in [0.25, 0.3) is 5.91 Å². The van der Waals surface area contributed by atoms with Crippen molar-refractivity contribution < 1.29 is 18.4 Å². The van der Waals surface area contributed by atoms with Crippen LogP contribution in [0, 0.1) is 11.2 Å². The second kappa shape index (κ2) is 7.67. The molecular formula is C21H27FN4O3. The SMILES string of the molecule is COc1cc(-c2onc(N(C)C)c2C(=O)N2CCCC3(CCNC3)C2)ccc1F. The molecule has 0 saturated carbocycles. The Morgan fingerprint density at radius 2 is 2.21 bits per heavy atom. The summed E-state index contributed by atoms with van der Waals surface area (Å²) in [6.45, 7) is 3.38. The molecule has 3 heterocycles. The van der Waals surface area contributed by atoms with E-state index < -0.39 is 5.82 Å². The van der Waals surface area contributed by atoms with Crippen LogP contribution in [0.1, 0.15) is 29.6 Å². The summed E-state index contributed by atoms with van der Waals surface area (Å²) in [6, 6.07) is 4.41. The van der Waals surface area contributed by atoms with E-state index >= 15 is 0 Å². The minimum absolute atomic E-state index is 0.0951. The number of ether oxygens (including phenoxy) is 1. The predicted molar refractivity (Wildman–Crippen MR) is 108 cm³/mol. The van der Waals surface area contributed by atoms with Gasteiger partial charge in [-0.1, -0.05) is 5.16 Å². The largest absolute Gasteiger partial charge is 0.494 e. The molecule has 7 nitrogen and oxygen atoms in total. The van der Waals surface area contributed by atoms with Gasteiger partial charge in [-0.2, -0.15) is 0 Å². The molecule has 2 aromatic rings. The number of aromatic nitrogens is 1. The van der Waals surface area contributed by atoms with Crippen molar-refractivity contribution in [2.75, 3.05) is 52.3 Å². The number of rotatable bonds is 4. The first-order chi connectivity index (χ1) is 13.9. The second-order valence-corrected chi connectivity index (χ2v) is 8.21. The van der Waals surface area contributed by atoms with Gasteiger partial charge in [0.2, 0.25) is 0 Å². The van der Waals surface area contributed by atoms with Gasteiger partial charge in [0, 0.05) is 44.7 Å². The monoisotopic (exact) mass is 402 g/mol. The Kier molecular flexibility index (Phi) is 5.21. The van der Waals surface area contributed by atoms with Crippen LogP contribution in [0.5, 0.6) is 5.75 Å². The highest BCUT2D eigenvalue weighted by molar-refractivity contribution is 6.04. The lowest BCUT2D eigenvalue weighted by Crippen LogP contribution is -2.47. The summed E-state index contributed by atoms with van der Waals surface area (Å²) in [7, 11) is 5.05. The molecule has 0 aliphatic carbocycles. The predicted octanol–water partition coefficient (Wildman–Crippen LogP) is 2.77. The first kappa shape index (κ1) is 19.7. The summed E-state index contributed by atoms with van der Waals surface area (Å²) in [4.78, 5) is 17.3. The van der Waals surface area contributed by atoms with Gasteiger partial charge in [-0.25, -0.2) is 4.39 Å². The molecule has 1 N–H and O–H groups in total. The topological polar surface area (TPSA) is 70.8 Å². The van der Waals surface area contributed by atoms with Crippen LogP contribution in [0.3, 0.4) is 0 Å². The van der Waals surface area contributed by atoms with E-state index in [1.165, 1.54) is 19.2 Å². The number of hydrogen-bond acceptors (Lipinski definition) is 6. The van der Waals surface area contributed by atoms with Crippen LogP contribution in [0.4, 0.5) is 10.2 Å². The fourth-order valence-electron chi connectivity index (χ4n) is 4.46. The van der Waals surface area contributed by atoms with Gasteiger partial charge < -0.3 is 24.4 Å². The summed E-state index contributed by atoms with van der Waals surface area (Å²) >= 11 is 0. The molecule has 1 aromatic heterocycles. The van der Waals surface area contributed by atoms with E-state index in [-0.39, 0.29) is 17.1 Å². The number of amides is 1. The number of benzene rings is 1. The molecule has 29 heavy (non-hydrogen) atoms. The van der Waals surface area contributed by atoms with E-state index in [1.807, 2.05) is 19.0 Å². The minimum Gasteiger partial charge on any atom is -0.494 e. The van der Waals surface area contributed by atoms with Crippen molar-refractivity contribution in [3.63, 3.8) is 0 Å². The first-order valence-electron chi connectivity index (χ1n) is 9.95. The number of carbonyl (C=O) groups excluding carboxylic acids is 1. The number of anilines is 1. The lowest BCUT2D eigenvalue weighted by Gasteiger charge is -2.40. The van der Waals surface area contributed by atoms with E-state index in [0.717, 1.165) is 38.9 Å². The molecule has 2 saturated heterocycles. The third-order valence-electron chi connectivity index (χ3n) is 6.01. The van der Waals surface area contributed by atoms with Crippen molar-refractivity contribution in [1.82, 2.24) is 15.4 Å². The van der Waals surface area contributed by atoms with Gasteiger partial charge >= 0.3 is 0 Å². The first-order valence-corrected chi connectivity index (χ1v) is 9.95. The maximum absolute atomic E-state index is 13.9. The van der Waals surface area contributed by atoms with Gasteiger partial charge in [-0.3, -0.25) is 4.79 Å². The van der Waals surface area contributed by atoms with Crippen molar-refractivity contribution in [3.8, 4) is 17.1 Å². The molecule has 1 aromatic carbocycles. The number of likely N-dealkylation sites (tertiary alicyclic amines) is 1. The zero-order chi connectivity index (χ0) is 20.6. The number of methoxy groups -OCH3 is 1. The molecule has 1 spiro atoms. The maximum Gasteiger partial charge on any atom is 0.261 e. The average molecular weight is 402 g/mol. The summed E-state index contributed by atoms with van der Waals surface area (Å²) < 4.78 is 24.6. The lowest BCUT2D eigenvalue weighted by atomic mass is 9.79. The summed E-state index contributed by atoms with van der Waals surface area (Å²) in [5, 5.41) is 7.57. The molecule has 0 radical (unpaired) electrons. The summed E-state index contributed by atoms with van der Waals surface area (Å²) in [6.07, 6.45) is 3.20. The lowest BCUT2D eigenvalue weighted by molar-refractivity contribution is 0.0554. The van der Waals surface area contributed by atoms with Crippen LogP contribution in [-0.4, -0.2) is 63.3 Å². The highest BCUT2D eigenvalue weighted by atomic mass is 19.1. The number of nitrogens with one attached hydrogen (secondary N) is 1. The Morgan fingerprint density at radius 3 is 2.90 bits per heavy atom. The van der Waals surface area contributed by atoms with Crippen LogP contribution in [0.2, 0.25) is 0 Å². The molecule has 8 heteroatoms. The molecular weight excluding hydrogens is 375 g/mol. The Hall–Kier alpha value is -2.61. The standard InChI is InChI=1S/C21H27FN4O3/c1-25(2)19-17(18(29-24-19)14-5-6-15(22)16(11-14)28-3)20(27)26-10-4-7-21(13-26)8-9-23-12-21/h5-6,11,23H,4,7-10,12-13H2,1-3H3. The van der Waals surface area contributed by atoms with Crippen LogP contribution in [0.15, 0.2) is 22.7 Å². The Balaban J connectivity index is 1.72. The number of carbonyl (C=O) groups is 1. The molecule has 2 fully saturated rings. The molecule has 1 amide bonds. The van der Waals surface area contributed by atoms with Gasteiger partial charge in [-0.15, -0.1) is 0 Å². The van der Waals surface area contributed by atoms with Gasteiger partial charge in [0.15, 0.2) is 23.1 Å². The zero-order valence-corrected chi connectivity index (χ0v) is 17.1. The highest BCUT2D eigenvalue weighted by Gasteiger charge is 2.41. The van der Waals surface area contributed by atoms with Crippen molar-refractivity contribution >= 4 is 11.7 Å². The van der Waals surface area contributed by atoms with E-state index in [4.69, 9.17) is 9.26 Å². The third-order valence-corrected chi connectivity index (χ3v) is 6.01. The van der Waals surface area contributed by atoms with Crippen LogP contribution >= 0.6 is 0 Å². The third kappa shape index (κ3) is 3.57. The van der Waals surface area contributed by atoms with Gasteiger partial charge in [0.05, 0.1) is 7.11 Å². The number of nitrogens with zero attached hydrogens (tertiary/aromatic N) is 3.